The Morgan fingerprint density at radius 3 is 1.82 bits per heavy atom. The van der Waals surface area contributed by atoms with E-state index >= 15 is 0 Å². The third-order valence-electron chi connectivity index (χ3n) is 10.1. The van der Waals surface area contributed by atoms with Crippen LogP contribution in [0.25, 0.3) is 83.2 Å². The van der Waals surface area contributed by atoms with Crippen LogP contribution >= 0.6 is 0 Å². The Kier molecular flexibility index (Phi) is 5.76. The summed E-state index contributed by atoms with van der Waals surface area (Å²) in [5.41, 5.74) is 11.7. The van der Waals surface area contributed by atoms with Gasteiger partial charge in [0.2, 0.25) is 0 Å². The van der Waals surface area contributed by atoms with Crippen LogP contribution in [-0.2, 0) is 6.42 Å². The number of hydrogen-bond acceptors (Lipinski definition) is 3. The standard InChI is InChI=1S/C44H26N4O/c45-25-27-17-19-29(47-39-13-5-1-9-31(39)32-10-2-6-14-40(32)47)21-35(27)36-22-30(20-18-28(36)26-46)48-41-15-7-3-11-33(41)37-23-38-34-12-4-8-16-43(34)49-44(38)24-42(37)48/h1-2,4-10,12-24H,3,11H2. The molecule has 0 N–H and O–H groups in total. The van der Waals surface area contributed by atoms with Crippen LogP contribution in [0.15, 0.2) is 132 Å². The lowest BCUT2D eigenvalue weighted by atomic mass is 9.95. The Hall–Kier alpha value is -6.82. The monoisotopic (exact) mass is 626 g/mol. The van der Waals surface area contributed by atoms with Crippen molar-refractivity contribution < 1.29 is 4.42 Å². The molecule has 0 amide bonds. The predicted molar refractivity (Wildman–Crippen MR) is 197 cm³/mol. The second-order valence-electron chi connectivity index (χ2n) is 12.7. The zero-order valence-electron chi connectivity index (χ0n) is 26.3. The molecule has 0 atom stereocenters. The van der Waals surface area contributed by atoms with E-state index in [2.05, 4.69) is 118 Å². The first-order chi connectivity index (χ1) is 24.2. The number of para-hydroxylation sites is 3. The molecule has 0 spiro atoms. The van der Waals surface area contributed by atoms with E-state index < -0.39 is 0 Å². The summed E-state index contributed by atoms with van der Waals surface area (Å²) < 4.78 is 10.9. The normalized spacial score (nSPS) is 12.6. The minimum Gasteiger partial charge on any atom is -0.456 e. The molecule has 5 nitrogen and oxygen atoms in total. The van der Waals surface area contributed by atoms with Gasteiger partial charge < -0.3 is 13.6 Å². The molecule has 10 rings (SSSR count). The number of nitrogens with zero attached hydrogens (tertiary/aromatic N) is 4. The summed E-state index contributed by atoms with van der Waals surface area (Å²) in [5.74, 6) is 0. The highest BCUT2D eigenvalue weighted by Crippen LogP contribution is 2.41. The van der Waals surface area contributed by atoms with Crippen LogP contribution in [0.5, 0.6) is 0 Å². The largest absolute Gasteiger partial charge is 0.456 e. The zero-order chi connectivity index (χ0) is 32.6. The first kappa shape index (κ1) is 27.3. The smallest absolute Gasteiger partial charge is 0.137 e. The van der Waals surface area contributed by atoms with Crippen molar-refractivity contribution in [3.63, 3.8) is 0 Å². The predicted octanol–water partition coefficient (Wildman–Crippen LogP) is 11.0. The van der Waals surface area contributed by atoms with Crippen molar-refractivity contribution in [2.45, 2.75) is 12.8 Å². The minimum absolute atomic E-state index is 0.514. The highest BCUT2D eigenvalue weighted by atomic mass is 16.3. The molecule has 0 unspecified atom stereocenters. The van der Waals surface area contributed by atoms with E-state index in [1.54, 1.807) is 0 Å². The number of fused-ring (bicyclic) bond motifs is 9. The number of benzene rings is 6. The van der Waals surface area contributed by atoms with E-state index in [-0.39, 0.29) is 0 Å². The van der Waals surface area contributed by atoms with Crippen molar-refractivity contribution in [3.8, 4) is 34.6 Å². The number of aryl methyl sites for hydroxylation is 1. The molecule has 49 heavy (non-hydrogen) atoms. The van der Waals surface area contributed by atoms with Crippen LogP contribution in [0, 0.1) is 22.7 Å². The molecule has 9 aromatic rings. The van der Waals surface area contributed by atoms with Crippen molar-refractivity contribution >= 4 is 60.7 Å². The highest BCUT2D eigenvalue weighted by Gasteiger charge is 2.23. The summed E-state index contributed by atoms with van der Waals surface area (Å²) in [6, 6.07) is 46.1. The van der Waals surface area contributed by atoms with Gasteiger partial charge in [0.25, 0.3) is 0 Å². The molecule has 3 heterocycles. The Bertz CT molecular complexity index is 2920. The molecule has 0 fully saturated rings. The summed E-state index contributed by atoms with van der Waals surface area (Å²) in [7, 11) is 0. The SMILES string of the molecule is N#Cc1ccc(-n2c3c(c4cc5c(cc42)oc2ccccc25)CCC=C3)cc1-c1cc(-n2c3ccccc3c3ccccc32)ccc1C#N. The summed E-state index contributed by atoms with van der Waals surface area (Å²) >= 11 is 0. The number of hydrogen-bond donors (Lipinski definition) is 0. The number of aromatic nitrogens is 2. The molecule has 0 aliphatic heterocycles. The maximum Gasteiger partial charge on any atom is 0.137 e. The zero-order valence-corrected chi connectivity index (χ0v) is 26.3. The van der Waals surface area contributed by atoms with Crippen molar-refractivity contribution in [1.82, 2.24) is 9.13 Å². The molecule has 3 aromatic heterocycles. The fourth-order valence-electron chi connectivity index (χ4n) is 7.91. The first-order valence-electron chi connectivity index (χ1n) is 16.4. The first-order valence-corrected chi connectivity index (χ1v) is 16.4. The average molecular weight is 627 g/mol. The molecular formula is C44H26N4O. The molecule has 1 aliphatic carbocycles. The lowest BCUT2D eigenvalue weighted by Crippen LogP contribution is -2.02. The van der Waals surface area contributed by atoms with Crippen molar-refractivity contribution in [3.05, 3.63) is 150 Å². The van der Waals surface area contributed by atoms with Gasteiger partial charge in [0.15, 0.2) is 0 Å². The quantitative estimate of drug-likeness (QED) is 0.196. The van der Waals surface area contributed by atoms with E-state index in [0.717, 1.165) is 79.5 Å². The van der Waals surface area contributed by atoms with Gasteiger partial charge in [-0.05, 0) is 85.1 Å². The second kappa shape index (κ2) is 10.3. The number of allylic oxidation sites excluding steroid dienone is 1. The molecule has 6 aromatic carbocycles. The number of furan rings is 1. The van der Waals surface area contributed by atoms with Crippen LogP contribution in [0.2, 0.25) is 0 Å². The molecule has 0 saturated heterocycles. The van der Waals surface area contributed by atoms with Crippen molar-refractivity contribution in [2.24, 2.45) is 0 Å². The minimum atomic E-state index is 0.514. The van der Waals surface area contributed by atoms with Gasteiger partial charge in [-0.25, -0.2) is 0 Å². The van der Waals surface area contributed by atoms with E-state index in [9.17, 15) is 10.5 Å². The van der Waals surface area contributed by atoms with E-state index in [4.69, 9.17) is 4.42 Å². The number of nitriles is 2. The van der Waals surface area contributed by atoms with Crippen LogP contribution < -0.4 is 0 Å². The van der Waals surface area contributed by atoms with Crippen molar-refractivity contribution in [1.29, 1.82) is 10.5 Å². The molecule has 0 radical (unpaired) electrons. The highest BCUT2D eigenvalue weighted by molar-refractivity contribution is 6.11. The van der Waals surface area contributed by atoms with Gasteiger partial charge >= 0.3 is 0 Å². The van der Waals surface area contributed by atoms with Gasteiger partial charge in [-0.3, -0.25) is 0 Å². The Morgan fingerprint density at radius 2 is 1.14 bits per heavy atom. The Morgan fingerprint density at radius 1 is 0.531 bits per heavy atom. The average Bonchev–Trinajstić information content (AvgIpc) is 3.80. The van der Waals surface area contributed by atoms with Crippen LogP contribution in [0.4, 0.5) is 0 Å². The van der Waals surface area contributed by atoms with Gasteiger partial charge in [-0.2, -0.15) is 10.5 Å². The molecule has 1 aliphatic rings. The van der Waals surface area contributed by atoms with E-state index in [0.29, 0.717) is 11.1 Å². The molecule has 5 heteroatoms. The van der Waals surface area contributed by atoms with Gasteiger partial charge in [-0.15, -0.1) is 0 Å². The summed E-state index contributed by atoms with van der Waals surface area (Å²) in [5, 5.41) is 26.5. The Balaban J connectivity index is 1.22. The maximum atomic E-state index is 10.4. The fourth-order valence-corrected chi connectivity index (χ4v) is 7.91. The lowest BCUT2D eigenvalue weighted by Gasteiger charge is -2.16. The fraction of sp³-hybridized carbons (Fsp3) is 0.0455. The number of rotatable bonds is 3. The van der Waals surface area contributed by atoms with Gasteiger partial charge in [0, 0.05) is 61.2 Å². The van der Waals surface area contributed by atoms with Crippen LogP contribution in [-0.4, -0.2) is 9.13 Å². The molecule has 228 valence electrons. The van der Waals surface area contributed by atoms with E-state index in [1.807, 2.05) is 36.4 Å². The topological polar surface area (TPSA) is 70.6 Å². The third-order valence-corrected chi connectivity index (χ3v) is 10.1. The lowest BCUT2D eigenvalue weighted by molar-refractivity contribution is 0.669. The third kappa shape index (κ3) is 3.91. The summed E-state index contributed by atoms with van der Waals surface area (Å²) in [6.45, 7) is 0. The second-order valence-corrected chi connectivity index (χ2v) is 12.7. The van der Waals surface area contributed by atoms with Gasteiger partial charge in [-0.1, -0.05) is 60.7 Å². The summed E-state index contributed by atoms with van der Waals surface area (Å²) in [4.78, 5) is 0. The van der Waals surface area contributed by atoms with Crippen LogP contribution in [0.3, 0.4) is 0 Å². The molecule has 0 saturated carbocycles. The van der Waals surface area contributed by atoms with Crippen LogP contribution in [0.1, 0.15) is 28.8 Å². The molecular weight excluding hydrogens is 601 g/mol. The Labute approximate surface area is 281 Å². The van der Waals surface area contributed by atoms with E-state index in [1.165, 1.54) is 21.7 Å². The van der Waals surface area contributed by atoms with Gasteiger partial charge in [0.1, 0.15) is 11.2 Å². The summed E-state index contributed by atoms with van der Waals surface area (Å²) in [6.07, 6.45) is 6.36. The van der Waals surface area contributed by atoms with Crippen molar-refractivity contribution in [2.75, 3.05) is 0 Å². The van der Waals surface area contributed by atoms with Gasteiger partial charge in [0.05, 0.1) is 39.8 Å². The molecule has 0 bridgehead atoms. The maximum absolute atomic E-state index is 10.4.